The second-order valence-corrected chi connectivity index (χ2v) is 5.50. The number of likely N-dealkylation sites (N-methyl/N-ethyl adjacent to an activating group) is 1. The van der Waals surface area contributed by atoms with Gasteiger partial charge in [0.2, 0.25) is 0 Å². The first-order valence-electron chi connectivity index (χ1n) is 6.03. The van der Waals surface area contributed by atoms with Gasteiger partial charge in [-0.15, -0.1) is 11.3 Å². The molecule has 5 nitrogen and oxygen atoms in total. The minimum Gasteiger partial charge on any atom is -0.397 e. The van der Waals surface area contributed by atoms with E-state index < -0.39 is 0 Å². The van der Waals surface area contributed by atoms with E-state index in [1.54, 1.807) is 0 Å². The summed E-state index contributed by atoms with van der Waals surface area (Å²) >= 11 is 1.39. The van der Waals surface area contributed by atoms with Crippen LogP contribution in [0.2, 0.25) is 0 Å². The van der Waals surface area contributed by atoms with E-state index in [4.69, 9.17) is 5.73 Å². The Balaban J connectivity index is 2.64. The van der Waals surface area contributed by atoms with Crippen molar-refractivity contribution < 1.29 is 4.79 Å². The van der Waals surface area contributed by atoms with Crippen LogP contribution in [0.4, 0.5) is 10.7 Å². The Morgan fingerprint density at radius 2 is 2.22 bits per heavy atom. The van der Waals surface area contributed by atoms with Gasteiger partial charge in [0.25, 0.3) is 5.91 Å². The summed E-state index contributed by atoms with van der Waals surface area (Å²) in [6.07, 6.45) is 0. The Hall–Kier alpha value is -1.27. The average molecular weight is 270 g/mol. The summed E-state index contributed by atoms with van der Waals surface area (Å²) in [7, 11) is 4.07. The molecule has 1 amide bonds. The highest BCUT2D eigenvalue weighted by Gasteiger charge is 2.14. The maximum absolute atomic E-state index is 11.7. The van der Waals surface area contributed by atoms with Crippen molar-refractivity contribution >= 4 is 27.9 Å². The topological polar surface area (TPSA) is 70.4 Å². The van der Waals surface area contributed by atoms with Gasteiger partial charge in [-0.25, -0.2) is 0 Å². The number of carbonyl (C=O) groups excluding carboxylic acids is 1. The van der Waals surface area contributed by atoms with Crippen LogP contribution in [0.5, 0.6) is 0 Å². The molecule has 6 heteroatoms. The van der Waals surface area contributed by atoms with Crippen molar-refractivity contribution in [1.82, 2.24) is 10.2 Å². The Labute approximate surface area is 112 Å². The number of hydrogen-bond acceptors (Lipinski definition) is 5. The summed E-state index contributed by atoms with van der Waals surface area (Å²) in [5.74, 6) is -0.103. The lowest BCUT2D eigenvalue weighted by Gasteiger charge is -2.19. The minimum absolute atomic E-state index is 0.103. The monoisotopic (exact) mass is 270 g/mol. The largest absolute Gasteiger partial charge is 0.397 e. The Morgan fingerprint density at radius 3 is 2.78 bits per heavy atom. The summed E-state index contributed by atoms with van der Waals surface area (Å²) < 4.78 is 0. The average Bonchev–Trinajstić information content (AvgIpc) is 2.67. The molecule has 0 saturated carbocycles. The normalized spacial score (nSPS) is 12.5. The molecule has 1 heterocycles. The number of rotatable bonds is 6. The van der Waals surface area contributed by atoms with Gasteiger partial charge in [-0.1, -0.05) is 0 Å². The van der Waals surface area contributed by atoms with E-state index in [1.807, 2.05) is 27.1 Å². The fourth-order valence-corrected chi connectivity index (χ4v) is 2.24. The van der Waals surface area contributed by atoms with Crippen LogP contribution in [0.1, 0.15) is 23.5 Å². The third-order valence-electron chi connectivity index (χ3n) is 2.76. The number of hydrogen-bond donors (Lipinski definition) is 3. The molecule has 0 bridgehead atoms. The molecule has 0 aliphatic rings. The van der Waals surface area contributed by atoms with Gasteiger partial charge in [0.05, 0.1) is 10.7 Å². The van der Waals surface area contributed by atoms with Crippen molar-refractivity contribution in [2.24, 2.45) is 0 Å². The molecule has 1 unspecified atom stereocenters. The van der Waals surface area contributed by atoms with Crippen LogP contribution in [0.15, 0.2) is 6.07 Å². The Kier molecular flexibility index (Phi) is 5.43. The van der Waals surface area contributed by atoms with Crippen molar-refractivity contribution in [1.29, 1.82) is 0 Å². The van der Waals surface area contributed by atoms with E-state index >= 15 is 0 Å². The third kappa shape index (κ3) is 3.89. The molecule has 1 aromatic rings. The Morgan fingerprint density at radius 1 is 1.56 bits per heavy atom. The van der Waals surface area contributed by atoms with Gasteiger partial charge in [0, 0.05) is 19.1 Å². The van der Waals surface area contributed by atoms with Gasteiger partial charge < -0.3 is 21.3 Å². The molecule has 0 saturated heterocycles. The summed E-state index contributed by atoms with van der Waals surface area (Å²) in [6.45, 7) is 5.45. The third-order valence-corrected chi connectivity index (χ3v) is 3.86. The van der Waals surface area contributed by atoms with Gasteiger partial charge in [0.1, 0.15) is 4.88 Å². The lowest BCUT2D eigenvalue weighted by molar-refractivity contribution is 0.0960. The van der Waals surface area contributed by atoms with Crippen molar-refractivity contribution in [2.75, 3.05) is 38.2 Å². The molecule has 1 aromatic heterocycles. The number of thiophene rings is 1. The molecule has 0 aliphatic carbocycles. The van der Waals surface area contributed by atoms with Crippen molar-refractivity contribution in [3.63, 3.8) is 0 Å². The first-order valence-corrected chi connectivity index (χ1v) is 6.85. The zero-order valence-corrected chi connectivity index (χ0v) is 12.2. The van der Waals surface area contributed by atoms with Gasteiger partial charge in [-0.05, 0) is 34.0 Å². The van der Waals surface area contributed by atoms with E-state index in [0.717, 1.165) is 11.5 Å². The van der Waals surface area contributed by atoms with Gasteiger partial charge in [-0.2, -0.15) is 0 Å². The molecule has 0 radical (unpaired) electrons. The van der Waals surface area contributed by atoms with E-state index in [-0.39, 0.29) is 5.91 Å². The molecular formula is C12H22N4OS. The zero-order valence-electron chi connectivity index (χ0n) is 11.4. The quantitative estimate of drug-likeness (QED) is 0.731. The summed E-state index contributed by atoms with van der Waals surface area (Å²) in [4.78, 5) is 14.4. The molecule has 1 atom stereocenters. The van der Waals surface area contributed by atoms with Gasteiger partial charge in [-0.3, -0.25) is 4.79 Å². The van der Waals surface area contributed by atoms with E-state index in [2.05, 4.69) is 22.5 Å². The second-order valence-electron chi connectivity index (χ2n) is 4.45. The number of amides is 1. The number of carbonyl (C=O) groups is 1. The smallest absolute Gasteiger partial charge is 0.263 e. The fourth-order valence-electron chi connectivity index (χ4n) is 1.34. The van der Waals surface area contributed by atoms with Crippen LogP contribution in [-0.4, -0.2) is 44.0 Å². The van der Waals surface area contributed by atoms with E-state index in [9.17, 15) is 4.79 Å². The highest BCUT2D eigenvalue weighted by molar-refractivity contribution is 7.18. The lowest BCUT2D eigenvalue weighted by Crippen LogP contribution is -2.31. The van der Waals surface area contributed by atoms with Crippen LogP contribution >= 0.6 is 11.3 Å². The Bertz CT molecular complexity index is 403. The second kappa shape index (κ2) is 6.61. The van der Waals surface area contributed by atoms with Gasteiger partial charge >= 0.3 is 0 Å². The molecule has 4 N–H and O–H groups in total. The standard InChI is InChI=1S/C12H22N4OS/c1-5-14-12(17)11-9(13)6-10(18-11)15-7-8(2)16(3)4/h6,8,15H,5,7,13H2,1-4H3,(H,14,17). The van der Waals surface area contributed by atoms with Crippen LogP contribution < -0.4 is 16.4 Å². The molecule has 0 spiro atoms. The van der Waals surface area contributed by atoms with Crippen LogP contribution in [-0.2, 0) is 0 Å². The lowest BCUT2D eigenvalue weighted by atomic mass is 10.3. The van der Waals surface area contributed by atoms with Crippen LogP contribution in [0.3, 0.4) is 0 Å². The first-order chi connectivity index (χ1) is 8.45. The minimum atomic E-state index is -0.103. The predicted octanol–water partition coefficient (Wildman–Crippen LogP) is 1.44. The highest BCUT2D eigenvalue weighted by Crippen LogP contribution is 2.29. The van der Waals surface area contributed by atoms with Crippen molar-refractivity contribution in [3.05, 3.63) is 10.9 Å². The fraction of sp³-hybridized carbons (Fsp3) is 0.583. The van der Waals surface area contributed by atoms with Crippen molar-refractivity contribution in [2.45, 2.75) is 19.9 Å². The number of nitrogens with one attached hydrogen (secondary N) is 2. The van der Waals surface area contributed by atoms with Gasteiger partial charge in [0.15, 0.2) is 0 Å². The maximum Gasteiger partial charge on any atom is 0.263 e. The number of nitrogens with zero attached hydrogens (tertiary/aromatic N) is 1. The molecule has 0 fully saturated rings. The molecule has 102 valence electrons. The van der Waals surface area contributed by atoms with Crippen LogP contribution in [0, 0.1) is 0 Å². The molecule has 1 rings (SSSR count). The highest BCUT2D eigenvalue weighted by atomic mass is 32.1. The van der Waals surface area contributed by atoms with Crippen molar-refractivity contribution in [3.8, 4) is 0 Å². The summed E-state index contributed by atoms with van der Waals surface area (Å²) in [5.41, 5.74) is 6.37. The summed E-state index contributed by atoms with van der Waals surface area (Å²) in [6, 6.07) is 2.23. The van der Waals surface area contributed by atoms with E-state index in [0.29, 0.717) is 23.2 Å². The first kappa shape index (κ1) is 14.8. The van der Waals surface area contributed by atoms with E-state index in [1.165, 1.54) is 11.3 Å². The number of nitrogens with two attached hydrogens (primary N) is 1. The molecule has 0 aliphatic heterocycles. The molecule has 18 heavy (non-hydrogen) atoms. The maximum atomic E-state index is 11.7. The number of anilines is 2. The zero-order chi connectivity index (χ0) is 13.7. The molecular weight excluding hydrogens is 248 g/mol. The molecule has 0 aromatic carbocycles. The summed E-state index contributed by atoms with van der Waals surface area (Å²) in [5, 5.41) is 6.99. The number of nitrogen functional groups attached to an aromatic ring is 1. The predicted molar refractivity (Wildman–Crippen MR) is 78.4 cm³/mol. The van der Waals surface area contributed by atoms with Crippen LogP contribution in [0.25, 0.3) is 0 Å². The SMILES string of the molecule is CCNC(=O)c1sc(NCC(C)N(C)C)cc1N.